The molecule has 2 aromatic carbocycles. The highest BCUT2D eigenvalue weighted by Gasteiger charge is 2.02. The van der Waals surface area contributed by atoms with Crippen LogP contribution in [0.15, 0.2) is 97.5 Å². The van der Waals surface area contributed by atoms with Gasteiger partial charge >= 0.3 is 0 Å². The largest absolute Gasteiger partial charge is 0.439 e. The molecule has 0 unspecified atom stereocenters. The minimum Gasteiger partial charge on any atom is -0.439 e. The van der Waals surface area contributed by atoms with Crippen LogP contribution in [0.25, 0.3) is 11.1 Å². The van der Waals surface area contributed by atoms with Gasteiger partial charge in [0.15, 0.2) is 0 Å². The molecule has 2 aromatic heterocycles. The third-order valence-electron chi connectivity index (χ3n) is 4.14. The zero-order valence-electron chi connectivity index (χ0n) is 14.7. The first-order valence-electron chi connectivity index (χ1n) is 8.79. The molecule has 0 fully saturated rings. The summed E-state index contributed by atoms with van der Waals surface area (Å²) in [7, 11) is 0. The molecule has 4 aromatic rings. The molecule has 0 amide bonds. The molecule has 27 heavy (non-hydrogen) atoms. The molecule has 132 valence electrons. The number of pyridine rings is 2. The number of ether oxygens (including phenoxy) is 1. The monoisotopic (exact) mass is 353 g/mol. The standard InChI is InChI=1S/C23H19N3O/c1-2-6-19(7-3-1)20-8-10-22(11-9-20)27-23-15-21(12-14-25-23)26-17-18-5-4-13-24-16-18/h1-16H,17H2,(H,25,26). The Morgan fingerprint density at radius 3 is 2.37 bits per heavy atom. The molecule has 2 heterocycles. The van der Waals surface area contributed by atoms with Crippen LogP contribution in [-0.4, -0.2) is 9.97 Å². The fourth-order valence-corrected chi connectivity index (χ4v) is 2.75. The Morgan fingerprint density at radius 2 is 1.59 bits per heavy atom. The molecule has 0 atom stereocenters. The zero-order chi connectivity index (χ0) is 18.3. The van der Waals surface area contributed by atoms with E-state index in [2.05, 4.69) is 39.6 Å². The minimum absolute atomic E-state index is 0.554. The molecule has 4 rings (SSSR count). The molecule has 0 aliphatic carbocycles. The van der Waals surface area contributed by atoms with Gasteiger partial charge in [-0.1, -0.05) is 48.5 Å². The number of benzene rings is 2. The van der Waals surface area contributed by atoms with Crippen molar-refractivity contribution in [2.75, 3.05) is 5.32 Å². The van der Waals surface area contributed by atoms with Crippen molar-refractivity contribution in [3.63, 3.8) is 0 Å². The quantitative estimate of drug-likeness (QED) is 0.494. The van der Waals surface area contributed by atoms with Gasteiger partial charge in [0.25, 0.3) is 0 Å². The fourth-order valence-electron chi connectivity index (χ4n) is 2.75. The van der Waals surface area contributed by atoms with Crippen molar-refractivity contribution in [1.82, 2.24) is 9.97 Å². The van der Waals surface area contributed by atoms with E-state index in [1.165, 1.54) is 5.56 Å². The maximum Gasteiger partial charge on any atom is 0.221 e. The summed E-state index contributed by atoms with van der Waals surface area (Å²) in [4.78, 5) is 8.42. The average Bonchev–Trinajstić information content (AvgIpc) is 2.75. The van der Waals surface area contributed by atoms with Crippen LogP contribution < -0.4 is 10.1 Å². The molecule has 0 aliphatic rings. The predicted octanol–water partition coefficient (Wildman–Crippen LogP) is 5.55. The van der Waals surface area contributed by atoms with Gasteiger partial charge < -0.3 is 10.1 Å². The second-order valence-electron chi connectivity index (χ2n) is 6.09. The van der Waals surface area contributed by atoms with Crippen LogP contribution in [0.5, 0.6) is 11.6 Å². The molecule has 0 saturated carbocycles. The van der Waals surface area contributed by atoms with E-state index in [0.29, 0.717) is 12.4 Å². The maximum atomic E-state index is 5.90. The van der Waals surface area contributed by atoms with Crippen molar-refractivity contribution >= 4 is 5.69 Å². The lowest BCUT2D eigenvalue weighted by Crippen LogP contribution is -2.00. The van der Waals surface area contributed by atoms with Crippen molar-refractivity contribution in [3.05, 3.63) is 103 Å². The lowest BCUT2D eigenvalue weighted by Gasteiger charge is -2.09. The summed E-state index contributed by atoms with van der Waals surface area (Å²) in [5, 5.41) is 3.36. The number of hydrogen-bond acceptors (Lipinski definition) is 4. The van der Waals surface area contributed by atoms with Crippen LogP contribution in [0.1, 0.15) is 5.56 Å². The molecule has 0 radical (unpaired) electrons. The highest BCUT2D eigenvalue weighted by Crippen LogP contribution is 2.26. The molecule has 1 N–H and O–H groups in total. The number of anilines is 1. The first-order chi connectivity index (χ1) is 13.4. The van der Waals surface area contributed by atoms with Gasteiger partial charge in [-0.15, -0.1) is 0 Å². The van der Waals surface area contributed by atoms with Crippen molar-refractivity contribution < 1.29 is 4.74 Å². The number of hydrogen-bond donors (Lipinski definition) is 1. The van der Waals surface area contributed by atoms with E-state index in [9.17, 15) is 0 Å². The lowest BCUT2D eigenvalue weighted by molar-refractivity contribution is 0.463. The fraction of sp³-hybridized carbons (Fsp3) is 0.0435. The van der Waals surface area contributed by atoms with Gasteiger partial charge in [0.1, 0.15) is 5.75 Å². The van der Waals surface area contributed by atoms with E-state index >= 15 is 0 Å². The van der Waals surface area contributed by atoms with Gasteiger partial charge in [0.05, 0.1) is 0 Å². The van der Waals surface area contributed by atoms with Crippen LogP contribution in [-0.2, 0) is 6.54 Å². The van der Waals surface area contributed by atoms with Crippen molar-refractivity contribution in [2.45, 2.75) is 6.54 Å². The highest BCUT2D eigenvalue weighted by atomic mass is 16.5. The lowest BCUT2D eigenvalue weighted by atomic mass is 10.1. The Bertz CT molecular complexity index is 987. The molecular weight excluding hydrogens is 334 g/mol. The molecule has 0 saturated heterocycles. The Kier molecular flexibility index (Phi) is 5.07. The van der Waals surface area contributed by atoms with E-state index in [4.69, 9.17) is 4.74 Å². The summed E-state index contributed by atoms with van der Waals surface area (Å²) in [5.74, 6) is 1.31. The van der Waals surface area contributed by atoms with E-state index in [1.54, 1.807) is 12.4 Å². The highest BCUT2D eigenvalue weighted by molar-refractivity contribution is 5.64. The maximum absolute atomic E-state index is 5.90. The van der Waals surface area contributed by atoms with Crippen LogP contribution in [0.3, 0.4) is 0 Å². The Morgan fingerprint density at radius 1 is 0.778 bits per heavy atom. The zero-order valence-corrected chi connectivity index (χ0v) is 14.7. The third kappa shape index (κ3) is 4.50. The van der Waals surface area contributed by atoms with Gasteiger partial charge in [-0.25, -0.2) is 4.98 Å². The first kappa shape index (κ1) is 16.8. The normalized spacial score (nSPS) is 10.4. The van der Waals surface area contributed by atoms with Crippen LogP contribution in [0.2, 0.25) is 0 Å². The topological polar surface area (TPSA) is 47.0 Å². The molecular formula is C23H19N3O. The second-order valence-corrected chi connectivity index (χ2v) is 6.09. The summed E-state index contributed by atoms with van der Waals surface area (Å²) in [6.07, 6.45) is 5.35. The van der Waals surface area contributed by atoms with E-state index < -0.39 is 0 Å². The minimum atomic E-state index is 0.554. The number of nitrogens with one attached hydrogen (secondary N) is 1. The molecule has 0 bridgehead atoms. The van der Waals surface area contributed by atoms with Gasteiger partial charge in [0, 0.05) is 36.9 Å². The molecule has 4 nitrogen and oxygen atoms in total. The van der Waals surface area contributed by atoms with E-state index in [1.807, 2.05) is 60.8 Å². The first-order valence-corrected chi connectivity index (χ1v) is 8.79. The van der Waals surface area contributed by atoms with Crippen molar-refractivity contribution in [1.29, 1.82) is 0 Å². The van der Waals surface area contributed by atoms with Gasteiger partial charge in [-0.05, 0) is 41.0 Å². The molecule has 0 aliphatic heterocycles. The van der Waals surface area contributed by atoms with Crippen LogP contribution >= 0.6 is 0 Å². The summed E-state index contributed by atoms with van der Waals surface area (Å²) in [5.41, 5.74) is 4.41. The second kappa shape index (κ2) is 8.15. The summed E-state index contributed by atoms with van der Waals surface area (Å²) in [6.45, 7) is 0.697. The van der Waals surface area contributed by atoms with E-state index in [0.717, 1.165) is 22.6 Å². The number of nitrogens with zero attached hydrogens (tertiary/aromatic N) is 2. The van der Waals surface area contributed by atoms with Crippen molar-refractivity contribution in [2.24, 2.45) is 0 Å². The molecule has 0 spiro atoms. The summed E-state index contributed by atoms with van der Waals surface area (Å²) >= 11 is 0. The smallest absolute Gasteiger partial charge is 0.221 e. The average molecular weight is 353 g/mol. The summed E-state index contributed by atoms with van der Waals surface area (Å²) < 4.78 is 5.90. The van der Waals surface area contributed by atoms with Gasteiger partial charge in [-0.2, -0.15) is 0 Å². The van der Waals surface area contributed by atoms with Gasteiger partial charge in [0.2, 0.25) is 5.88 Å². The number of aromatic nitrogens is 2. The summed E-state index contributed by atoms with van der Waals surface area (Å²) in [6, 6.07) is 26.1. The van der Waals surface area contributed by atoms with E-state index in [-0.39, 0.29) is 0 Å². The van der Waals surface area contributed by atoms with Crippen LogP contribution in [0.4, 0.5) is 5.69 Å². The molecule has 4 heteroatoms. The Balaban J connectivity index is 1.42. The Hall–Kier alpha value is -3.66. The predicted molar refractivity (Wildman–Crippen MR) is 108 cm³/mol. The SMILES string of the molecule is c1ccc(-c2ccc(Oc3cc(NCc4cccnc4)ccn3)cc2)cc1. The van der Waals surface area contributed by atoms with Gasteiger partial charge in [-0.3, -0.25) is 4.98 Å². The Labute approximate surface area is 158 Å². The van der Waals surface area contributed by atoms with Crippen molar-refractivity contribution in [3.8, 4) is 22.8 Å². The third-order valence-corrected chi connectivity index (χ3v) is 4.14. The number of rotatable bonds is 6. The van der Waals surface area contributed by atoms with Crippen LogP contribution in [0, 0.1) is 0 Å².